The van der Waals surface area contributed by atoms with E-state index >= 15 is 0 Å². The molecule has 1 heterocycles. The summed E-state index contributed by atoms with van der Waals surface area (Å²) in [4.78, 5) is 0. The van der Waals surface area contributed by atoms with Crippen LogP contribution in [0.3, 0.4) is 0 Å². The summed E-state index contributed by atoms with van der Waals surface area (Å²) in [6, 6.07) is 0. The van der Waals surface area contributed by atoms with E-state index in [4.69, 9.17) is 0 Å². The van der Waals surface area contributed by atoms with Gasteiger partial charge < -0.3 is 0 Å². The van der Waals surface area contributed by atoms with Crippen molar-refractivity contribution in [3.63, 3.8) is 0 Å². The molecule has 1 rings (SSSR count). The van der Waals surface area contributed by atoms with Crippen LogP contribution in [0.15, 0.2) is 0 Å². The molecule has 18 heavy (non-hydrogen) atoms. The average molecular weight is 370 g/mol. The molecule has 0 bridgehead atoms. The Hall–Kier alpha value is 0.530. The van der Waals surface area contributed by atoms with Gasteiger partial charge in [0.25, 0.3) is 0 Å². The third-order valence-electron chi connectivity index (χ3n) is 2.72. The first kappa shape index (κ1) is 16.6. The van der Waals surface area contributed by atoms with Crippen molar-refractivity contribution >= 4 is 0 Å². The molecule has 1 aliphatic rings. The predicted octanol–water partition coefficient (Wildman–Crippen LogP) is -4.96. The van der Waals surface area contributed by atoms with E-state index in [2.05, 4.69) is 26.6 Å². The summed E-state index contributed by atoms with van der Waals surface area (Å²) in [7, 11) is 0. The molecule has 0 unspecified atom stereocenters. The Labute approximate surface area is 122 Å². The Kier molecular flexibility index (Phi) is 12.9. The third-order valence-corrected chi connectivity index (χ3v) is 5.33. The van der Waals surface area contributed by atoms with Gasteiger partial charge in [-0.25, -0.2) is 0 Å². The average Bonchev–Trinajstić information content (AvgIpc) is 2.39. The minimum absolute atomic E-state index is 0.405. The SMILES string of the molecule is C1CNCCNCC[I-]CCNCCNCCN1. The van der Waals surface area contributed by atoms with E-state index in [0.29, 0.717) is 21.2 Å². The molecule has 0 saturated carbocycles. The monoisotopic (exact) mass is 370 g/mol. The Morgan fingerprint density at radius 2 is 0.667 bits per heavy atom. The number of halogens is 1. The van der Waals surface area contributed by atoms with Crippen molar-refractivity contribution in [1.29, 1.82) is 0 Å². The zero-order valence-electron chi connectivity index (χ0n) is 11.4. The fourth-order valence-electron chi connectivity index (χ4n) is 1.69. The maximum absolute atomic E-state index is 3.50. The van der Waals surface area contributed by atoms with Crippen LogP contribution in [0.4, 0.5) is 0 Å². The van der Waals surface area contributed by atoms with E-state index < -0.39 is 0 Å². The molecule has 6 heteroatoms. The first-order chi connectivity index (χ1) is 9.00. The second-order valence-corrected chi connectivity index (χ2v) is 7.55. The van der Waals surface area contributed by atoms with Gasteiger partial charge in [-0.1, -0.05) is 0 Å². The molecule has 0 aromatic heterocycles. The van der Waals surface area contributed by atoms with Gasteiger partial charge in [0.2, 0.25) is 0 Å². The van der Waals surface area contributed by atoms with E-state index in [1.165, 1.54) is 21.9 Å². The van der Waals surface area contributed by atoms with Crippen molar-refractivity contribution in [2.24, 2.45) is 0 Å². The van der Waals surface area contributed by atoms with E-state index in [0.717, 1.165) is 52.4 Å². The van der Waals surface area contributed by atoms with Crippen molar-refractivity contribution in [1.82, 2.24) is 26.6 Å². The van der Waals surface area contributed by atoms with Gasteiger partial charge in [-0.05, 0) is 0 Å². The predicted molar refractivity (Wildman–Crippen MR) is 74.1 cm³/mol. The van der Waals surface area contributed by atoms with Crippen LogP contribution in [0.2, 0.25) is 0 Å². The zero-order valence-corrected chi connectivity index (χ0v) is 13.5. The molecule has 0 radical (unpaired) electrons. The molecule has 1 saturated heterocycles. The van der Waals surface area contributed by atoms with Gasteiger partial charge in [0.05, 0.1) is 0 Å². The van der Waals surface area contributed by atoms with Crippen LogP contribution in [-0.2, 0) is 0 Å². The Bertz CT molecular complexity index is 95.5. The molecule has 5 N–H and O–H groups in total. The van der Waals surface area contributed by atoms with Crippen molar-refractivity contribution in [3.05, 3.63) is 0 Å². The van der Waals surface area contributed by atoms with Gasteiger partial charge in [-0.2, -0.15) is 0 Å². The van der Waals surface area contributed by atoms with Gasteiger partial charge in [-0.3, -0.25) is 0 Å². The van der Waals surface area contributed by atoms with Crippen LogP contribution < -0.4 is 47.8 Å². The van der Waals surface area contributed by atoms with Gasteiger partial charge in [0.15, 0.2) is 0 Å². The first-order valence-electron chi connectivity index (χ1n) is 7.07. The normalized spacial score (nSPS) is 24.4. The Morgan fingerprint density at radius 3 is 1.00 bits per heavy atom. The van der Waals surface area contributed by atoms with Crippen molar-refractivity contribution in [3.8, 4) is 0 Å². The van der Waals surface area contributed by atoms with Crippen LogP contribution >= 0.6 is 0 Å². The number of nitrogens with one attached hydrogen (secondary N) is 5. The van der Waals surface area contributed by atoms with Crippen LogP contribution in [0, 0.1) is 0 Å². The van der Waals surface area contributed by atoms with E-state index in [9.17, 15) is 0 Å². The first-order valence-corrected chi connectivity index (χ1v) is 10.1. The molecule has 0 amide bonds. The Balaban J connectivity index is 2.00. The second-order valence-electron chi connectivity index (χ2n) is 4.32. The molecule has 5 nitrogen and oxygen atoms in total. The van der Waals surface area contributed by atoms with Gasteiger partial charge in [0.1, 0.15) is 0 Å². The zero-order chi connectivity index (χ0) is 12.7. The second kappa shape index (κ2) is 14.0. The molecule has 0 aliphatic carbocycles. The van der Waals surface area contributed by atoms with Crippen LogP contribution in [0.25, 0.3) is 0 Å². The van der Waals surface area contributed by atoms with Crippen LogP contribution in [0.1, 0.15) is 0 Å². The number of hydrogen-bond donors (Lipinski definition) is 5. The molecule has 1 aliphatic heterocycles. The quantitative estimate of drug-likeness (QED) is 0.219. The van der Waals surface area contributed by atoms with Crippen molar-refractivity contribution < 1.29 is 21.2 Å². The molecule has 110 valence electrons. The van der Waals surface area contributed by atoms with E-state index in [-0.39, 0.29) is 0 Å². The molecule has 0 aromatic rings. The van der Waals surface area contributed by atoms with Crippen molar-refractivity contribution in [2.75, 3.05) is 74.3 Å². The summed E-state index contributed by atoms with van der Waals surface area (Å²) < 4.78 is 2.81. The minimum atomic E-state index is 0.405. The van der Waals surface area contributed by atoms with E-state index in [1.807, 2.05) is 0 Å². The molecule has 1 fully saturated rings. The molecule has 0 atom stereocenters. The molecule has 0 spiro atoms. The molecule has 0 aromatic carbocycles. The number of alkyl halides is 2. The van der Waals surface area contributed by atoms with Gasteiger partial charge >= 0.3 is 122 Å². The van der Waals surface area contributed by atoms with Gasteiger partial charge in [-0.15, -0.1) is 0 Å². The fourth-order valence-corrected chi connectivity index (χ4v) is 3.76. The molecular formula is C12H29IN5-. The summed E-state index contributed by atoms with van der Waals surface area (Å²) in [5.41, 5.74) is 0. The van der Waals surface area contributed by atoms with E-state index in [1.54, 1.807) is 0 Å². The number of rotatable bonds is 0. The van der Waals surface area contributed by atoms with Gasteiger partial charge in [0, 0.05) is 0 Å². The summed E-state index contributed by atoms with van der Waals surface area (Å²) in [6.45, 7) is 11.0. The van der Waals surface area contributed by atoms with Crippen molar-refractivity contribution in [2.45, 2.75) is 0 Å². The summed E-state index contributed by atoms with van der Waals surface area (Å²) >= 11 is 0.405. The molecular weight excluding hydrogens is 341 g/mol. The fraction of sp³-hybridized carbons (Fsp3) is 1.00. The Morgan fingerprint density at radius 1 is 0.389 bits per heavy atom. The summed E-state index contributed by atoms with van der Waals surface area (Å²) in [5, 5.41) is 17.3. The number of hydrogen-bond acceptors (Lipinski definition) is 5. The van der Waals surface area contributed by atoms with Crippen LogP contribution in [0.5, 0.6) is 0 Å². The maximum atomic E-state index is 3.50. The topological polar surface area (TPSA) is 60.1 Å². The standard InChI is InChI=1S/C12H29IN5/c1-3-14-5-7-16-9-11-18-12-10-17-8-6-15-4-2-13-1/h14-18H,1-12H2/q-1. The van der Waals surface area contributed by atoms with Crippen LogP contribution in [-0.4, -0.2) is 74.3 Å². The third kappa shape index (κ3) is 11.6. The summed E-state index contributed by atoms with van der Waals surface area (Å²) in [6.07, 6.45) is 0. The summed E-state index contributed by atoms with van der Waals surface area (Å²) in [5.74, 6) is 0.